The minimum absolute atomic E-state index is 0.170. The summed E-state index contributed by atoms with van der Waals surface area (Å²) < 4.78 is 66.8. The quantitative estimate of drug-likeness (QED) is 0.837. The number of nitrogens with one attached hydrogen (secondary N) is 1. The van der Waals surface area contributed by atoms with Crippen molar-refractivity contribution in [3.63, 3.8) is 0 Å². The van der Waals surface area contributed by atoms with Gasteiger partial charge in [-0.25, -0.2) is 13.1 Å². The zero-order chi connectivity index (χ0) is 15.4. The van der Waals surface area contributed by atoms with Crippen LogP contribution in [-0.2, 0) is 25.7 Å². The van der Waals surface area contributed by atoms with E-state index in [1.54, 1.807) is 0 Å². The van der Waals surface area contributed by atoms with Gasteiger partial charge in [0.1, 0.15) is 0 Å². The van der Waals surface area contributed by atoms with Crippen molar-refractivity contribution in [3.8, 4) is 0 Å². The highest BCUT2D eigenvalue weighted by molar-refractivity contribution is 7.89. The molecule has 1 rings (SSSR count). The molecule has 0 aliphatic rings. The molecule has 1 N–H and O–H groups in total. The maximum Gasteiger partial charge on any atom is 0.416 e. The lowest BCUT2D eigenvalue weighted by Gasteiger charge is -2.09. The molecule has 1 aromatic rings. The number of hydrogen-bond acceptors (Lipinski definition) is 4. The molecule has 0 heterocycles. The first-order valence-electron chi connectivity index (χ1n) is 5.40. The Bertz CT molecular complexity index is 566. The van der Waals surface area contributed by atoms with E-state index in [0.29, 0.717) is 12.1 Å². The molecule has 0 spiro atoms. The zero-order valence-corrected chi connectivity index (χ0v) is 11.2. The normalized spacial score (nSPS) is 12.2. The molecule has 9 heteroatoms. The van der Waals surface area contributed by atoms with Crippen LogP contribution in [0.1, 0.15) is 12.0 Å². The monoisotopic (exact) mass is 311 g/mol. The van der Waals surface area contributed by atoms with E-state index >= 15 is 0 Å². The van der Waals surface area contributed by atoms with E-state index in [1.165, 1.54) is 0 Å². The highest BCUT2D eigenvalue weighted by Gasteiger charge is 2.30. The van der Waals surface area contributed by atoms with E-state index < -0.39 is 27.7 Å². The van der Waals surface area contributed by atoms with Crippen LogP contribution >= 0.6 is 0 Å². The topological polar surface area (TPSA) is 72.5 Å². The molecule has 0 amide bonds. The number of benzene rings is 1. The van der Waals surface area contributed by atoms with Crippen LogP contribution in [0.25, 0.3) is 0 Å². The summed E-state index contributed by atoms with van der Waals surface area (Å²) >= 11 is 0. The fraction of sp³-hybridized carbons (Fsp3) is 0.364. The summed E-state index contributed by atoms with van der Waals surface area (Å²) in [5.41, 5.74) is -0.939. The van der Waals surface area contributed by atoms with E-state index in [2.05, 4.69) is 9.46 Å². The van der Waals surface area contributed by atoms with Crippen LogP contribution in [0.5, 0.6) is 0 Å². The van der Waals surface area contributed by atoms with Gasteiger partial charge in [0.2, 0.25) is 10.0 Å². The lowest BCUT2D eigenvalue weighted by molar-refractivity contribution is -0.140. The van der Waals surface area contributed by atoms with Crippen molar-refractivity contribution in [1.29, 1.82) is 0 Å². The smallest absolute Gasteiger partial charge is 0.416 e. The number of alkyl halides is 3. The fourth-order valence-corrected chi connectivity index (χ4v) is 2.33. The minimum Gasteiger partial charge on any atom is -0.469 e. The SMILES string of the molecule is COC(=O)CCNS(=O)(=O)c1ccc(C(F)(F)F)cc1. The number of rotatable bonds is 5. The Morgan fingerprint density at radius 2 is 1.80 bits per heavy atom. The molecule has 0 aliphatic heterocycles. The molecule has 112 valence electrons. The van der Waals surface area contributed by atoms with Gasteiger partial charge in [-0.2, -0.15) is 13.2 Å². The van der Waals surface area contributed by atoms with Gasteiger partial charge in [0, 0.05) is 6.54 Å². The number of methoxy groups -OCH3 is 1. The van der Waals surface area contributed by atoms with E-state index in [9.17, 15) is 26.4 Å². The Labute approximate surface area is 113 Å². The lowest BCUT2D eigenvalue weighted by Crippen LogP contribution is -2.26. The minimum atomic E-state index is -4.53. The first kappa shape index (κ1) is 16.4. The predicted octanol–water partition coefficient (Wildman–Crippen LogP) is 1.55. The number of sulfonamides is 1. The van der Waals surface area contributed by atoms with Crippen LogP contribution < -0.4 is 4.72 Å². The molecular formula is C11H12F3NO4S. The number of halogens is 3. The maximum absolute atomic E-state index is 12.3. The Balaban J connectivity index is 2.76. The molecule has 0 fully saturated rings. The summed E-state index contributed by atoms with van der Waals surface area (Å²) in [6.07, 6.45) is -4.70. The van der Waals surface area contributed by atoms with Crippen molar-refractivity contribution in [2.75, 3.05) is 13.7 Å². The molecule has 0 bridgehead atoms. The number of carbonyl (C=O) groups excluding carboxylic acids is 1. The molecule has 20 heavy (non-hydrogen) atoms. The third-order valence-corrected chi connectivity index (χ3v) is 3.82. The molecule has 0 radical (unpaired) electrons. The van der Waals surface area contributed by atoms with E-state index in [1.807, 2.05) is 0 Å². The number of esters is 1. The van der Waals surface area contributed by atoms with Gasteiger partial charge < -0.3 is 4.74 Å². The number of hydrogen-bond donors (Lipinski definition) is 1. The van der Waals surface area contributed by atoms with Crippen LogP contribution in [0.4, 0.5) is 13.2 Å². The van der Waals surface area contributed by atoms with Gasteiger partial charge >= 0.3 is 12.1 Å². The molecule has 0 unspecified atom stereocenters. The van der Waals surface area contributed by atoms with Crippen molar-refractivity contribution in [1.82, 2.24) is 4.72 Å². The van der Waals surface area contributed by atoms with Gasteiger partial charge in [0.15, 0.2) is 0 Å². The lowest BCUT2D eigenvalue weighted by atomic mass is 10.2. The predicted molar refractivity (Wildman–Crippen MR) is 63.3 cm³/mol. The Hall–Kier alpha value is -1.61. The average Bonchev–Trinajstić information content (AvgIpc) is 2.37. The van der Waals surface area contributed by atoms with Crippen molar-refractivity contribution in [3.05, 3.63) is 29.8 Å². The first-order chi connectivity index (χ1) is 9.16. The van der Waals surface area contributed by atoms with Crippen LogP contribution in [0.2, 0.25) is 0 Å². The fourth-order valence-electron chi connectivity index (χ4n) is 1.30. The van der Waals surface area contributed by atoms with Gasteiger partial charge in [-0.3, -0.25) is 4.79 Å². The van der Waals surface area contributed by atoms with E-state index in [-0.39, 0.29) is 17.9 Å². The Kier molecular flexibility index (Phi) is 5.12. The van der Waals surface area contributed by atoms with Gasteiger partial charge in [-0.05, 0) is 24.3 Å². The molecular weight excluding hydrogens is 299 g/mol. The third kappa shape index (κ3) is 4.49. The molecule has 0 saturated carbocycles. The van der Waals surface area contributed by atoms with Gasteiger partial charge in [-0.1, -0.05) is 0 Å². The summed E-state index contributed by atoms with van der Waals surface area (Å²) in [6, 6.07) is 3.05. The third-order valence-electron chi connectivity index (χ3n) is 2.34. The van der Waals surface area contributed by atoms with E-state index in [4.69, 9.17) is 0 Å². The Morgan fingerprint density at radius 1 is 1.25 bits per heavy atom. The second kappa shape index (κ2) is 6.23. The Morgan fingerprint density at radius 3 is 2.25 bits per heavy atom. The van der Waals surface area contributed by atoms with Crippen molar-refractivity contribution in [2.45, 2.75) is 17.5 Å². The average molecular weight is 311 g/mol. The number of carbonyl (C=O) groups is 1. The second-order valence-corrected chi connectivity index (χ2v) is 5.51. The molecule has 0 atom stereocenters. The second-order valence-electron chi connectivity index (χ2n) is 3.75. The molecule has 5 nitrogen and oxygen atoms in total. The summed E-state index contributed by atoms with van der Waals surface area (Å²) in [5.74, 6) is -0.597. The highest BCUT2D eigenvalue weighted by atomic mass is 32.2. The number of ether oxygens (including phenoxy) is 1. The summed E-state index contributed by atoms with van der Waals surface area (Å²) in [5, 5.41) is 0. The molecule has 0 saturated heterocycles. The van der Waals surface area contributed by atoms with Crippen molar-refractivity contribution in [2.24, 2.45) is 0 Å². The summed E-state index contributed by atoms with van der Waals surface area (Å²) in [4.78, 5) is 10.5. The van der Waals surface area contributed by atoms with Gasteiger partial charge in [0.25, 0.3) is 0 Å². The largest absolute Gasteiger partial charge is 0.469 e. The van der Waals surface area contributed by atoms with Crippen LogP contribution in [-0.4, -0.2) is 28.0 Å². The zero-order valence-electron chi connectivity index (χ0n) is 10.4. The maximum atomic E-state index is 12.3. The molecule has 0 aromatic heterocycles. The van der Waals surface area contributed by atoms with Gasteiger partial charge in [-0.15, -0.1) is 0 Å². The highest BCUT2D eigenvalue weighted by Crippen LogP contribution is 2.29. The van der Waals surface area contributed by atoms with E-state index in [0.717, 1.165) is 19.2 Å². The standard InChI is InChI=1S/C11H12F3NO4S/c1-19-10(16)6-7-15-20(17,18)9-4-2-8(3-5-9)11(12,13)14/h2-5,15H,6-7H2,1H3. The van der Waals surface area contributed by atoms with Crippen LogP contribution in [0, 0.1) is 0 Å². The molecule has 0 aliphatic carbocycles. The summed E-state index contributed by atoms with van der Waals surface area (Å²) in [6.45, 7) is -0.198. The van der Waals surface area contributed by atoms with Gasteiger partial charge in [0.05, 0.1) is 24.0 Å². The van der Waals surface area contributed by atoms with Crippen LogP contribution in [0.3, 0.4) is 0 Å². The molecule has 1 aromatic carbocycles. The summed E-state index contributed by atoms with van der Waals surface area (Å²) in [7, 11) is -2.79. The van der Waals surface area contributed by atoms with Crippen molar-refractivity contribution < 1.29 is 31.1 Å². The van der Waals surface area contributed by atoms with Crippen LogP contribution in [0.15, 0.2) is 29.2 Å². The van der Waals surface area contributed by atoms with Crippen molar-refractivity contribution >= 4 is 16.0 Å². The first-order valence-corrected chi connectivity index (χ1v) is 6.89.